The molecule has 1 aliphatic rings. The molecule has 3 aromatic rings. The first-order chi connectivity index (χ1) is 12.5. The highest BCUT2D eigenvalue weighted by molar-refractivity contribution is 7.89. The summed E-state index contributed by atoms with van der Waals surface area (Å²) in [5, 5.41) is 0.833. The number of imidazole rings is 1. The fourth-order valence-electron chi connectivity index (χ4n) is 3.54. The van der Waals surface area contributed by atoms with E-state index in [1.165, 1.54) is 4.31 Å². The van der Waals surface area contributed by atoms with Crippen molar-refractivity contribution in [3.05, 3.63) is 54.2 Å². The third kappa shape index (κ3) is 2.71. The fraction of sp³-hybridized carbons (Fsp3) is 0.368. The van der Waals surface area contributed by atoms with Gasteiger partial charge in [-0.15, -0.1) is 0 Å². The summed E-state index contributed by atoms with van der Waals surface area (Å²) in [6.45, 7) is 6.02. The minimum absolute atomic E-state index is 0.146. The zero-order chi connectivity index (χ0) is 18.3. The molecule has 1 aromatic carbocycles. The molecule has 136 valence electrons. The standard InChI is InChI=1S/C19H22N4O2S/c1-3-10-23-14(2)11-21-19(23)16-12-22(13-16)26(24,25)17-8-4-6-15-7-5-9-20-18(15)17/h4-9,11,16H,3,10,12-13H2,1-2H3. The summed E-state index contributed by atoms with van der Waals surface area (Å²) in [5.74, 6) is 1.14. The number of benzene rings is 1. The third-order valence-corrected chi connectivity index (χ3v) is 6.82. The van der Waals surface area contributed by atoms with E-state index in [4.69, 9.17) is 0 Å². The van der Waals surface area contributed by atoms with Crippen LogP contribution in [0.25, 0.3) is 10.9 Å². The molecule has 2 aromatic heterocycles. The first kappa shape index (κ1) is 17.2. The number of pyridine rings is 1. The average Bonchev–Trinajstić information content (AvgIpc) is 2.94. The van der Waals surface area contributed by atoms with Crippen LogP contribution in [-0.4, -0.2) is 40.3 Å². The summed E-state index contributed by atoms with van der Waals surface area (Å²) in [5.41, 5.74) is 1.66. The van der Waals surface area contributed by atoms with Crippen LogP contribution in [0.1, 0.15) is 30.8 Å². The predicted octanol–water partition coefficient (Wildman–Crippen LogP) is 2.94. The van der Waals surface area contributed by atoms with E-state index in [9.17, 15) is 8.42 Å². The van der Waals surface area contributed by atoms with Crippen molar-refractivity contribution in [2.45, 2.75) is 37.6 Å². The van der Waals surface area contributed by atoms with Crippen LogP contribution in [0.4, 0.5) is 0 Å². The van der Waals surface area contributed by atoms with Gasteiger partial charge in [0.05, 0.1) is 5.52 Å². The van der Waals surface area contributed by atoms with Gasteiger partial charge in [-0.3, -0.25) is 4.98 Å². The number of para-hydroxylation sites is 1. The molecule has 0 aliphatic carbocycles. The predicted molar refractivity (Wildman–Crippen MR) is 100 cm³/mol. The van der Waals surface area contributed by atoms with Crippen molar-refractivity contribution in [3.8, 4) is 0 Å². The number of hydrogen-bond acceptors (Lipinski definition) is 4. The minimum atomic E-state index is -3.55. The zero-order valence-corrected chi connectivity index (χ0v) is 15.8. The van der Waals surface area contributed by atoms with Gasteiger partial charge in [0.25, 0.3) is 0 Å². The quantitative estimate of drug-likeness (QED) is 0.692. The molecule has 7 heteroatoms. The number of sulfonamides is 1. The molecule has 26 heavy (non-hydrogen) atoms. The summed E-state index contributed by atoms with van der Waals surface area (Å²) in [7, 11) is -3.55. The number of hydrogen-bond donors (Lipinski definition) is 0. The molecule has 1 fully saturated rings. The molecular weight excluding hydrogens is 348 g/mol. The maximum absolute atomic E-state index is 13.1. The van der Waals surface area contributed by atoms with E-state index in [0.717, 1.165) is 29.9 Å². The highest BCUT2D eigenvalue weighted by atomic mass is 32.2. The summed E-state index contributed by atoms with van der Waals surface area (Å²) >= 11 is 0. The topological polar surface area (TPSA) is 68.1 Å². The molecule has 0 amide bonds. The highest BCUT2D eigenvalue weighted by Crippen LogP contribution is 2.33. The van der Waals surface area contributed by atoms with Gasteiger partial charge in [-0.2, -0.15) is 4.31 Å². The van der Waals surface area contributed by atoms with Crippen LogP contribution in [0, 0.1) is 6.92 Å². The van der Waals surface area contributed by atoms with Gasteiger partial charge in [0.15, 0.2) is 0 Å². The maximum Gasteiger partial charge on any atom is 0.245 e. The second-order valence-corrected chi connectivity index (χ2v) is 8.67. The van der Waals surface area contributed by atoms with Gasteiger partial charge < -0.3 is 4.57 Å². The summed E-state index contributed by atoms with van der Waals surface area (Å²) in [6, 6.07) is 8.98. The average molecular weight is 370 g/mol. The Morgan fingerprint density at radius 2 is 1.92 bits per heavy atom. The van der Waals surface area contributed by atoms with Crippen LogP contribution in [-0.2, 0) is 16.6 Å². The Morgan fingerprint density at radius 1 is 1.15 bits per heavy atom. The van der Waals surface area contributed by atoms with E-state index < -0.39 is 10.0 Å². The van der Waals surface area contributed by atoms with Gasteiger partial charge in [0, 0.05) is 49.0 Å². The molecule has 0 unspecified atom stereocenters. The Hall–Kier alpha value is -2.25. The van der Waals surface area contributed by atoms with Crippen molar-refractivity contribution in [1.29, 1.82) is 0 Å². The zero-order valence-electron chi connectivity index (χ0n) is 15.0. The van der Waals surface area contributed by atoms with Crippen LogP contribution in [0.5, 0.6) is 0 Å². The van der Waals surface area contributed by atoms with E-state index in [1.807, 2.05) is 31.3 Å². The lowest BCUT2D eigenvalue weighted by atomic mass is 10.0. The van der Waals surface area contributed by atoms with Crippen molar-refractivity contribution in [1.82, 2.24) is 18.8 Å². The van der Waals surface area contributed by atoms with Gasteiger partial charge in [-0.25, -0.2) is 13.4 Å². The van der Waals surface area contributed by atoms with Crippen LogP contribution in [0.2, 0.25) is 0 Å². The third-order valence-electron chi connectivity index (χ3n) is 4.96. The Balaban J connectivity index is 1.60. The van der Waals surface area contributed by atoms with Gasteiger partial charge >= 0.3 is 0 Å². The normalized spacial score (nSPS) is 16.1. The van der Waals surface area contributed by atoms with Gasteiger partial charge in [-0.1, -0.05) is 25.1 Å². The lowest BCUT2D eigenvalue weighted by molar-refractivity contribution is 0.251. The first-order valence-electron chi connectivity index (χ1n) is 8.88. The molecule has 0 spiro atoms. The van der Waals surface area contributed by atoms with Crippen LogP contribution >= 0.6 is 0 Å². The Labute approximate surface area is 153 Å². The lowest BCUT2D eigenvalue weighted by Gasteiger charge is -2.38. The second-order valence-electron chi connectivity index (χ2n) is 6.76. The summed E-state index contributed by atoms with van der Waals surface area (Å²) in [6.07, 6.45) is 4.53. The Kier molecular flexibility index (Phi) is 4.28. The highest BCUT2D eigenvalue weighted by Gasteiger charge is 2.40. The molecule has 0 atom stereocenters. The summed E-state index contributed by atoms with van der Waals surface area (Å²) < 4.78 is 29.9. The number of aryl methyl sites for hydroxylation is 1. The van der Waals surface area contributed by atoms with Crippen molar-refractivity contribution in [3.63, 3.8) is 0 Å². The number of aromatic nitrogens is 3. The smallest absolute Gasteiger partial charge is 0.245 e. The van der Waals surface area contributed by atoms with E-state index in [0.29, 0.717) is 18.6 Å². The van der Waals surface area contributed by atoms with E-state index in [2.05, 4.69) is 21.5 Å². The largest absolute Gasteiger partial charge is 0.332 e. The minimum Gasteiger partial charge on any atom is -0.332 e. The summed E-state index contributed by atoms with van der Waals surface area (Å²) in [4.78, 5) is 9.09. The van der Waals surface area contributed by atoms with Crippen molar-refractivity contribution >= 4 is 20.9 Å². The SMILES string of the molecule is CCCn1c(C)cnc1C1CN(S(=O)(=O)c2cccc3cccnc23)C1. The van der Waals surface area contributed by atoms with Crippen LogP contribution in [0.15, 0.2) is 47.6 Å². The van der Waals surface area contributed by atoms with Gasteiger partial charge in [0.1, 0.15) is 10.7 Å². The molecule has 0 saturated carbocycles. The van der Waals surface area contributed by atoms with E-state index in [-0.39, 0.29) is 10.8 Å². The molecule has 0 N–H and O–H groups in total. The second kappa shape index (κ2) is 6.48. The van der Waals surface area contributed by atoms with Crippen LogP contribution < -0.4 is 0 Å². The molecular formula is C19H22N4O2S. The molecule has 1 saturated heterocycles. The van der Waals surface area contributed by atoms with Gasteiger partial charge in [0.2, 0.25) is 10.0 Å². The van der Waals surface area contributed by atoms with E-state index >= 15 is 0 Å². The molecule has 6 nitrogen and oxygen atoms in total. The van der Waals surface area contributed by atoms with Crippen LogP contribution in [0.3, 0.4) is 0 Å². The maximum atomic E-state index is 13.1. The number of nitrogens with zero attached hydrogens (tertiary/aromatic N) is 4. The molecule has 0 bridgehead atoms. The fourth-order valence-corrected chi connectivity index (χ4v) is 5.24. The molecule has 3 heterocycles. The monoisotopic (exact) mass is 370 g/mol. The Morgan fingerprint density at radius 3 is 2.69 bits per heavy atom. The molecule has 4 rings (SSSR count). The lowest BCUT2D eigenvalue weighted by Crippen LogP contribution is -2.49. The number of fused-ring (bicyclic) bond motifs is 1. The first-order valence-corrected chi connectivity index (χ1v) is 10.3. The van der Waals surface area contributed by atoms with E-state index in [1.54, 1.807) is 18.3 Å². The number of rotatable bonds is 5. The Bertz CT molecular complexity index is 1050. The van der Waals surface area contributed by atoms with Gasteiger partial charge in [-0.05, 0) is 25.5 Å². The van der Waals surface area contributed by atoms with Crippen molar-refractivity contribution in [2.24, 2.45) is 0 Å². The molecule has 1 aliphatic heterocycles. The molecule has 0 radical (unpaired) electrons. The van der Waals surface area contributed by atoms with Crippen molar-refractivity contribution < 1.29 is 8.42 Å². The van der Waals surface area contributed by atoms with Crippen molar-refractivity contribution in [2.75, 3.05) is 13.1 Å².